The van der Waals surface area contributed by atoms with Gasteiger partial charge in [-0.2, -0.15) is 0 Å². The summed E-state index contributed by atoms with van der Waals surface area (Å²) < 4.78 is 0. The fourth-order valence-electron chi connectivity index (χ4n) is 1.98. The van der Waals surface area contributed by atoms with Crippen molar-refractivity contribution in [1.29, 1.82) is 0 Å². The van der Waals surface area contributed by atoms with Gasteiger partial charge in [0.05, 0.1) is 0 Å². The second-order valence-corrected chi connectivity index (χ2v) is 7.05. The lowest BCUT2D eigenvalue weighted by molar-refractivity contribution is -0.116. The Morgan fingerprint density at radius 1 is 1.23 bits per heavy atom. The largest absolute Gasteiger partial charge is 0.351 e. The molecule has 0 aliphatic rings. The highest BCUT2D eigenvalue weighted by molar-refractivity contribution is 5.95. The molecule has 1 N–H and O–H groups in total. The summed E-state index contributed by atoms with van der Waals surface area (Å²) in [4.78, 5) is 14.4. The SMILES string of the molecule is Cc1ccc(/C(=C/C(=O)NCC(C)(C)N(C)C)C(C)C)cc1. The lowest BCUT2D eigenvalue weighted by Crippen LogP contribution is -2.47. The molecule has 0 unspecified atom stereocenters. The Labute approximate surface area is 135 Å². The minimum absolute atomic E-state index is 0.0285. The standard InChI is InChI=1S/C19H30N2O/c1-14(2)17(16-10-8-15(3)9-11-16)12-18(22)20-13-19(4,5)21(6)7/h8-12,14H,13H2,1-7H3,(H,20,22)/b17-12+. The predicted molar refractivity (Wildman–Crippen MR) is 94.8 cm³/mol. The number of rotatable bonds is 6. The van der Waals surface area contributed by atoms with E-state index >= 15 is 0 Å². The molecule has 0 saturated carbocycles. The van der Waals surface area contributed by atoms with Crippen molar-refractivity contribution < 1.29 is 4.79 Å². The van der Waals surface area contributed by atoms with E-state index in [4.69, 9.17) is 0 Å². The van der Waals surface area contributed by atoms with E-state index in [0.29, 0.717) is 12.5 Å². The normalized spacial score (nSPS) is 12.9. The Morgan fingerprint density at radius 2 is 1.77 bits per heavy atom. The average molecular weight is 302 g/mol. The van der Waals surface area contributed by atoms with Crippen LogP contribution in [0.25, 0.3) is 5.57 Å². The molecule has 1 aromatic rings. The van der Waals surface area contributed by atoms with Crippen molar-refractivity contribution in [3.63, 3.8) is 0 Å². The van der Waals surface area contributed by atoms with Crippen molar-refractivity contribution in [1.82, 2.24) is 10.2 Å². The van der Waals surface area contributed by atoms with Crippen LogP contribution in [0, 0.1) is 12.8 Å². The van der Waals surface area contributed by atoms with E-state index in [0.717, 1.165) is 11.1 Å². The maximum absolute atomic E-state index is 12.3. The van der Waals surface area contributed by atoms with Crippen molar-refractivity contribution in [3.8, 4) is 0 Å². The first kappa shape index (κ1) is 18.4. The summed E-state index contributed by atoms with van der Waals surface area (Å²) in [6.45, 7) is 11.1. The molecule has 0 bridgehead atoms. The van der Waals surface area contributed by atoms with E-state index < -0.39 is 0 Å². The summed E-state index contributed by atoms with van der Waals surface area (Å²) in [6.07, 6.45) is 1.74. The van der Waals surface area contributed by atoms with Gasteiger partial charge in [0.1, 0.15) is 0 Å². The summed E-state index contributed by atoms with van der Waals surface area (Å²) in [5.41, 5.74) is 3.34. The van der Waals surface area contributed by atoms with Crippen molar-refractivity contribution >= 4 is 11.5 Å². The summed E-state index contributed by atoms with van der Waals surface area (Å²) in [5.74, 6) is 0.273. The highest BCUT2D eigenvalue weighted by Crippen LogP contribution is 2.23. The summed E-state index contributed by atoms with van der Waals surface area (Å²) in [6, 6.07) is 8.33. The number of carbonyl (C=O) groups excluding carboxylic acids is 1. The average Bonchev–Trinajstić information content (AvgIpc) is 2.43. The fraction of sp³-hybridized carbons (Fsp3) is 0.526. The number of benzene rings is 1. The van der Waals surface area contributed by atoms with E-state index in [1.165, 1.54) is 5.56 Å². The fourth-order valence-corrected chi connectivity index (χ4v) is 1.98. The topological polar surface area (TPSA) is 32.3 Å². The molecule has 122 valence electrons. The third kappa shape index (κ3) is 5.30. The zero-order valence-corrected chi connectivity index (χ0v) is 15.0. The first-order valence-corrected chi connectivity index (χ1v) is 7.87. The van der Waals surface area contributed by atoms with Gasteiger partial charge in [-0.3, -0.25) is 4.79 Å². The van der Waals surface area contributed by atoms with E-state index in [2.05, 4.69) is 69.1 Å². The smallest absolute Gasteiger partial charge is 0.244 e. The predicted octanol–water partition coefficient (Wildman–Crippen LogP) is 3.49. The van der Waals surface area contributed by atoms with Gasteiger partial charge in [-0.25, -0.2) is 0 Å². The van der Waals surface area contributed by atoms with Crippen LogP contribution < -0.4 is 5.32 Å². The Hall–Kier alpha value is -1.61. The highest BCUT2D eigenvalue weighted by atomic mass is 16.1. The molecular formula is C19H30N2O. The Bertz CT molecular complexity index is 525. The van der Waals surface area contributed by atoms with Crippen LogP contribution in [0.2, 0.25) is 0 Å². The highest BCUT2D eigenvalue weighted by Gasteiger charge is 2.20. The number of nitrogens with one attached hydrogen (secondary N) is 1. The van der Waals surface area contributed by atoms with Crippen LogP contribution in [0.1, 0.15) is 38.8 Å². The third-order valence-corrected chi connectivity index (χ3v) is 4.20. The maximum atomic E-state index is 12.3. The molecular weight excluding hydrogens is 272 g/mol. The zero-order valence-electron chi connectivity index (χ0n) is 15.0. The quantitative estimate of drug-likeness (QED) is 0.816. The second-order valence-electron chi connectivity index (χ2n) is 7.05. The van der Waals surface area contributed by atoms with Crippen LogP contribution in [0.5, 0.6) is 0 Å². The van der Waals surface area contributed by atoms with Gasteiger partial charge in [0.2, 0.25) is 5.91 Å². The van der Waals surface area contributed by atoms with E-state index in [-0.39, 0.29) is 11.4 Å². The molecule has 3 heteroatoms. The number of likely N-dealkylation sites (N-methyl/N-ethyl adjacent to an activating group) is 1. The molecule has 0 fully saturated rings. The summed E-state index contributed by atoms with van der Waals surface area (Å²) >= 11 is 0. The van der Waals surface area contributed by atoms with Crippen molar-refractivity contribution in [2.45, 2.75) is 40.2 Å². The number of aryl methyl sites for hydroxylation is 1. The minimum Gasteiger partial charge on any atom is -0.351 e. The maximum Gasteiger partial charge on any atom is 0.244 e. The Morgan fingerprint density at radius 3 is 2.23 bits per heavy atom. The first-order valence-electron chi connectivity index (χ1n) is 7.87. The van der Waals surface area contributed by atoms with Crippen molar-refractivity contribution in [2.24, 2.45) is 5.92 Å². The van der Waals surface area contributed by atoms with Crippen LogP contribution >= 0.6 is 0 Å². The van der Waals surface area contributed by atoms with Crippen LogP contribution in [-0.2, 0) is 4.79 Å². The molecule has 22 heavy (non-hydrogen) atoms. The number of allylic oxidation sites excluding steroid dienone is 1. The number of hydrogen-bond donors (Lipinski definition) is 1. The molecule has 0 aliphatic carbocycles. The van der Waals surface area contributed by atoms with Crippen LogP contribution in [0.15, 0.2) is 30.3 Å². The molecule has 1 amide bonds. The van der Waals surface area contributed by atoms with Crippen LogP contribution in [-0.4, -0.2) is 37.0 Å². The molecule has 1 rings (SSSR count). The van der Waals surface area contributed by atoms with Gasteiger partial charge in [0, 0.05) is 18.2 Å². The van der Waals surface area contributed by atoms with Gasteiger partial charge in [-0.05, 0) is 51.9 Å². The molecule has 0 aliphatic heterocycles. The van der Waals surface area contributed by atoms with E-state index in [1.807, 2.05) is 14.1 Å². The lowest BCUT2D eigenvalue weighted by atomic mass is 9.94. The van der Waals surface area contributed by atoms with Crippen molar-refractivity contribution in [3.05, 3.63) is 41.5 Å². The van der Waals surface area contributed by atoms with Gasteiger partial charge in [-0.1, -0.05) is 43.7 Å². The van der Waals surface area contributed by atoms with Crippen LogP contribution in [0.3, 0.4) is 0 Å². The lowest BCUT2D eigenvalue weighted by Gasteiger charge is -2.32. The summed E-state index contributed by atoms with van der Waals surface area (Å²) in [5, 5.41) is 3.01. The molecule has 0 heterocycles. The third-order valence-electron chi connectivity index (χ3n) is 4.20. The molecule has 3 nitrogen and oxygen atoms in total. The number of carbonyl (C=O) groups is 1. The molecule has 0 radical (unpaired) electrons. The molecule has 0 aromatic heterocycles. The minimum atomic E-state index is -0.0641. The van der Waals surface area contributed by atoms with E-state index in [9.17, 15) is 4.79 Å². The van der Waals surface area contributed by atoms with Crippen LogP contribution in [0.4, 0.5) is 0 Å². The monoisotopic (exact) mass is 302 g/mol. The number of hydrogen-bond acceptors (Lipinski definition) is 2. The van der Waals surface area contributed by atoms with Gasteiger partial charge < -0.3 is 10.2 Å². The first-order chi connectivity index (χ1) is 10.1. The molecule has 1 aromatic carbocycles. The molecule has 0 saturated heterocycles. The van der Waals surface area contributed by atoms with Gasteiger partial charge >= 0.3 is 0 Å². The molecule has 0 spiro atoms. The zero-order chi connectivity index (χ0) is 16.9. The Balaban J connectivity index is 2.86. The van der Waals surface area contributed by atoms with Gasteiger partial charge in [-0.15, -0.1) is 0 Å². The van der Waals surface area contributed by atoms with Crippen molar-refractivity contribution in [2.75, 3.05) is 20.6 Å². The second kappa shape index (κ2) is 7.59. The summed E-state index contributed by atoms with van der Waals surface area (Å²) in [7, 11) is 4.04. The number of amides is 1. The molecule has 0 atom stereocenters. The van der Waals surface area contributed by atoms with Gasteiger partial charge in [0.15, 0.2) is 0 Å². The Kier molecular flexibility index (Phi) is 6.36. The van der Waals surface area contributed by atoms with Gasteiger partial charge in [0.25, 0.3) is 0 Å². The number of nitrogens with zero attached hydrogens (tertiary/aromatic N) is 1. The van der Waals surface area contributed by atoms with E-state index in [1.54, 1.807) is 6.08 Å².